The van der Waals surface area contributed by atoms with E-state index in [4.69, 9.17) is 11.6 Å². The number of carboxylic acids is 1. The lowest BCUT2D eigenvalue weighted by atomic mass is 9.79. The molecule has 2 amide bonds. The number of fused-ring (bicyclic) bond motifs is 2. The summed E-state index contributed by atoms with van der Waals surface area (Å²) in [6.45, 7) is 0. The van der Waals surface area contributed by atoms with E-state index in [0.717, 1.165) is 24.8 Å². The van der Waals surface area contributed by atoms with E-state index in [1.54, 1.807) is 24.3 Å². The Morgan fingerprint density at radius 1 is 1.04 bits per heavy atom. The van der Waals surface area contributed by atoms with Crippen LogP contribution in [0.1, 0.15) is 24.8 Å². The molecule has 0 aliphatic heterocycles. The molecule has 3 rings (SSSR count). The first kappa shape index (κ1) is 16.8. The predicted octanol–water partition coefficient (Wildman–Crippen LogP) is 1.78. The van der Waals surface area contributed by atoms with Gasteiger partial charge in [-0.2, -0.15) is 0 Å². The molecule has 1 aromatic carbocycles. The van der Waals surface area contributed by atoms with E-state index in [9.17, 15) is 19.5 Å². The number of nitrogens with one attached hydrogen (secondary N) is 2. The molecule has 24 heavy (non-hydrogen) atoms. The maximum absolute atomic E-state index is 12.3. The summed E-state index contributed by atoms with van der Waals surface area (Å²) in [6.07, 6.45) is 2.64. The molecular weight excluding hydrogens is 332 g/mol. The summed E-state index contributed by atoms with van der Waals surface area (Å²) in [5.74, 6) is -2.71. The fourth-order valence-electron chi connectivity index (χ4n) is 4.07. The summed E-state index contributed by atoms with van der Waals surface area (Å²) in [5.41, 5.74) is 5.55. The molecule has 3 N–H and O–H groups in total. The molecule has 4 atom stereocenters. The van der Waals surface area contributed by atoms with Crippen LogP contribution in [-0.2, 0) is 20.8 Å². The van der Waals surface area contributed by atoms with E-state index in [2.05, 4.69) is 10.9 Å². The van der Waals surface area contributed by atoms with Crippen LogP contribution in [0.2, 0.25) is 5.02 Å². The number of hydrogen-bond donors (Lipinski definition) is 3. The molecule has 0 aromatic heterocycles. The van der Waals surface area contributed by atoms with Crippen molar-refractivity contribution in [2.45, 2.75) is 25.7 Å². The minimum absolute atomic E-state index is 0.0769. The molecule has 128 valence electrons. The van der Waals surface area contributed by atoms with Gasteiger partial charge in [-0.05, 0) is 48.8 Å². The van der Waals surface area contributed by atoms with E-state index >= 15 is 0 Å². The number of hydrogen-bond acceptors (Lipinski definition) is 3. The molecule has 6 nitrogen and oxygen atoms in total. The molecule has 2 bridgehead atoms. The van der Waals surface area contributed by atoms with Crippen LogP contribution in [0.4, 0.5) is 0 Å². The van der Waals surface area contributed by atoms with Crippen molar-refractivity contribution >= 4 is 29.4 Å². The van der Waals surface area contributed by atoms with Gasteiger partial charge in [0, 0.05) is 5.02 Å². The Bertz CT molecular complexity index is 661. The van der Waals surface area contributed by atoms with Gasteiger partial charge in [0.25, 0.3) is 0 Å². The number of amides is 2. The van der Waals surface area contributed by atoms with Gasteiger partial charge in [0.2, 0.25) is 11.8 Å². The highest BCUT2D eigenvalue weighted by atomic mass is 35.5. The summed E-state index contributed by atoms with van der Waals surface area (Å²) in [5, 5.41) is 9.96. The second kappa shape index (κ2) is 6.81. The van der Waals surface area contributed by atoms with Crippen molar-refractivity contribution < 1.29 is 19.5 Å². The number of aliphatic carboxylic acids is 1. The molecule has 0 unspecified atom stereocenters. The first-order valence-electron chi connectivity index (χ1n) is 8.01. The molecule has 2 fully saturated rings. The maximum atomic E-state index is 12.3. The fourth-order valence-corrected chi connectivity index (χ4v) is 4.20. The zero-order valence-electron chi connectivity index (χ0n) is 13.0. The quantitative estimate of drug-likeness (QED) is 0.721. The van der Waals surface area contributed by atoms with Crippen LogP contribution in [0.3, 0.4) is 0 Å². The highest BCUT2D eigenvalue weighted by molar-refractivity contribution is 6.30. The number of hydrazine groups is 1. The number of benzene rings is 1. The third kappa shape index (κ3) is 3.38. The fraction of sp³-hybridized carbons (Fsp3) is 0.471. The second-order valence-electron chi connectivity index (χ2n) is 6.56. The topological polar surface area (TPSA) is 95.5 Å². The minimum Gasteiger partial charge on any atom is -0.481 e. The Morgan fingerprint density at radius 3 is 2.29 bits per heavy atom. The van der Waals surface area contributed by atoms with E-state index in [1.807, 2.05) is 0 Å². The van der Waals surface area contributed by atoms with Crippen molar-refractivity contribution in [3.8, 4) is 0 Å². The molecule has 0 heterocycles. The number of halogens is 1. The Hall–Kier alpha value is -2.08. The van der Waals surface area contributed by atoms with Crippen molar-refractivity contribution in [3.63, 3.8) is 0 Å². The third-order valence-electron chi connectivity index (χ3n) is 5.11. The van der Waals surface area contributed by atoms with Crippen molar-refractivity contribution in [1.82, 2.24) is 10.9 Å². The van der Waals surface area contributed by atoms with Crippen molar-refractivity contribution in [1.29, 1.82) is 0 Å². The smallest absolute Gasteiger partial charge is 0.307 e. The summed E-state index contributed by atoms with van der Waals surface area (Å²) >= 11 is 5.79. The normalized spacial score (nSPS) is 27.7. The Kier molecular flexibility index (Phi) is 4.76. The van der Waals surface area contributed by atoms with Crippen LogP contribution in [0.5, 0.6) is 0 Å². The van der Waals surface area contributed by atoms with Gasteiger partial charge in [-0.3, -0.25) is 25.2 Å². The third-order valence-corrected chi connectivity index (χ3v) is 5.36. The number of carboxylic acid groups (broad SMARTS) is 1. The van der Waals surface area contributed by atoms with Crippen LogP contribution in [-0.4, -0.2) is 22.9 Å². The van der Waals surface area contributed by atoms with Gasteiger partial charge in [-0.15, -0.1) is 0 Å². The molecule has 2 aliphatic rings. The Morgan fingerprint density at radius 2 is 1.67 bits per heavy atom. The second-order valence-corrected chi connectivity index (χ2v) is 7.00. The molecule has 0 saturated heterocycles. The predicted molar refractivity (Wildman–Crippen MR) is 86.9 cm³/mol. The van der Waals surface area contributed by atoms with Gasteiger partial charge in [0.15, 0.2) is 0 Å². The first-order valence-corrected chi connectivity index (χ1v) is 8.39. The number of carbonyl (C=O) groups excluding carboxylic acids is 2. The van der Waals surface area contributed by atoms with Gasteiger partial charge >= 0.3 is 5.97 Å². The standard InChI is InChI=1S/C17H19ClN2O4/c18-12-5-1-9(2-6-12)7-13(21)19-20-16(22)14-10-3-4-11(8-10)15(14)17(23)24/h1-2,5-6,10-11,14-15H,3-4,7-8H2,(H,19,21)(H,20,22)(H,23,24)/t10-,11-,14+,15-/m0/s1. The molecule has 7 heteroatoms. The monoisotopic (exact) mass is 350 g/mol. The highest BCUT2D eigenvalue weighted by Gasteiger charge is 2.54. The van der Waals surface area contributed by atoms with E-state index < -0.39 is 23.7 Å². The summed E-state index contributed by atoms with van der Waals surface area (Å²) < 4.78 is 0. The van der Waals surface area contributed by atoms with Gasteiger partial charge in [-0.1, -0.05) is 23.7 Å². The van der Waals surface area contributed by atoms with Crippen LogP contribution < -0.4 is 10.9 Å². The largest absolute Gasteiger partial charge is 0.481 e. The first-order chi connectivity index (χ1) is 11.5. The van der Waals surface area contributed by atoms with E-state index in [1.165, 1.54) is 0 Å². The van der Waals surface area contributed by atoms with Crippen molar-refractivity contribution in [2.24, 2.45) is 23.7 Å². The molecule has 1 aromatic rings. The summed E-state index contributed by atoms with van der Waals surface area (Å²) in [6, 6.07) is 6.85. The van der Waals surface area contributed by atoms with E-state index in [-0.39, 0.29) is 24.2 Å². The molecule has 0 spiro atoms. The molecular formula is C17H19ClN2O4. The lowest BCUT2D eigenvalue weighted by molar-refractivity contribution is -0.149. The van der Waals surface area contributed by atoms with Gasteiger partial charge in [0.1, 0.15) is 0 Å². The number of rotatable bonds is 4. The summed E-state index contributed by atoms with van der Waals surface area (Å²) in [4.78, 5) is 35.7. The lowest BCUT2D eigenvalue weighted by Gasteiger charge is -2.26. The maximum Gasteiger partial charge on any atom is 0.307 e. The van der Waals surface area contributed by atoms with Crippen LogP contribution in [0.15, 0.2) is 24.3 Å². The molecule has 0 radical (unpaired) electrons. The molecule has 2 saturated carbocycles. The van der Waals surface area contributed by atoms with Gasteiger partial charge in [-0.25, -0.2) is 0 Å². The van der Waals surface area contributed by atoms with Crippen molar-refractivity contribution in [3.05, 3.63) is 34.9 Å². The zero-order chi connectivity index (χ0) is 17.3. The van der Waals surface area contributed by atoms with Crippen LogP contribution >= 0.6 is 11.6 Å². The SMILES string of the molecule is O=C(Cc1ccc(Cl)cc1)NNC(=O)[C@@H]1[C@H]2CC[C@@H](C2)[C@@H]1C(=O)O. The van der Waals surface area contributed by atoms with Crippen molar-refractivity contribution in [2.75, 3.05) is 0 Å². The number of carbonyl (C=O) groups is 3. The zero-order valence-corrected chi connectivity index (χ0v) is 13.8. The lowest BCUT2D eigenvalue weighted by Crippen LogP contribution is -2.49. The van der Waals surface area contributed by atoms with E-state index in [0.29, 0.717) is 5.02 Å². The highest BCUT2D eigenvalue weighted by Crippen LogP contribution is 2.52. The molecule has 2 aliphatic carbocycles. The Labute approximate surface area is 144 Å². The minimum atomic E-state index is -0.921. The summed E-state index contributed by atoms with van der Waals surface area (Å²) in [7, 11) is 0. The van der Waals surface area contributed by atoms with Crippen LogP contribution in [0, 0.1) is 23.7 Å². The Balaban J connectivity index is 1.54. The average molecular weight is 351 g/mol. The average Bonchev–Trinajstić information content (AvgIpc) is 3.15. The van der Waals surface area contributed by atoms with Gasteiger partial charge in [0.05, 0.1) is 18.3 Å². The van der Waals surface area contributed by atoms with Crippen LogP contribution in [0.25, 0.3) is 0 Å². The van der Waals surface area contributed by atoms with Gasteiger partial charge < -0.3 is 5.11 Å².